The summed E-state index contributed by atoms with van der Waals surface area (Å²) >= 11 is 6.58. The van der Waals surface area contributed by atoms with Gasteiger partial charge in [-0.25, -0.2) is 13.1 Å². The summed E-state index contributed by atoms with van der Waals surface area (Å²) in [5.74, 6) is 0.240. The molecule has 0 aliphatic carbocycles. The molecule has 106 valence electrons. The topological polar surface area (TPSA) is 55.4 Å². The third-order valence-electron chi connectivity index (χ3n) is 3.25. The Kier molecular flexibility index (Phi) is 5.05. The lowest BCUT2D eigenvalue weighted by Gasteiger charge is -2.15. The number of hydrogen-bond donors (Lipinski definition) is 1. The molecule has 0 amide bonds. The molecule has 1 fully saturated rings. The van der Waals surface area contributed by atoms with Crippen molar-refractivity contribution in [1.82, 2.24) is 4.72 Å². The standard InChI is InChI=1S/C12H15Br2NO3S/c1-8-9(4-5-18-8)7-15-19(16,17)12-3-2-10(13)6-11(12)14/h2-3,6,8-9,15H,4-5,7H2,1H3. The minimum atomic E-state index is -3.49. The molecule has 1 saturated heterocycles. The number of ether oxygens (including phenoxy) is 1. The molecule has 4 nitrogen and oxygen atoms in total. The zero-order chi connectivity index (χ0) is 14.0. The largest absolute Gasteiger partial charge is 0.378 e. The lowest BCUT2D eigenvalue weighted by molar-refractivity contribution is 0.107. The Morgan fingerprint density at radius 1 is 1.42 bits per heavy atom. The highest BCUT2D eigenvalue weighted by molar-refractivity contribution is 9.11. The first kappa shape index (κ1) is 15.4. The molecule has 2 unspecified atom stereocenters. The molecule has 0 saturated carbocycles. The summed E-state index contributed by atoms with van der Waals surface area (Å²) in [6.45, 7) is 3.09. The van der Waals surface area contributed by atoms with Crippen LogP contribution in [0, 0.1) is 5.92 Å². The molecule has 19 heavy (non-hydrogen) atoms. The molecule has 1 aromatic rings. The van der Waals surface area contributed by atoms with Gasteiger partial charge in [0.25, 0.3) is 0 Å². The van der Waals surface area contributed by atoms with Crippen molar-refractivity contribution in [2.24, 2.45) is 5.92 Å². The van der Waals surface area contributed by atoms with E-state index in [1.54, 1.807) is 18.2 Å². The number of sulfonamides is 1. The highest BCUT2D eigenvalue weighted by Gasteiger charge is 2.26. The van der Waals surface area contributed by atoms with Gasteiger partial charge in [-0.2, -0.15) is 0 Å². The average molecular weight is 413 g/mol. The highest BCUT2D eigenvalue weighted by atomic mass is 79.9. The van der Waals surface area contributed by atoms with Crippen molar-refractivity contribution in [1.29, 1.82) is 0 Å². The lowest BCUT2D eigenvalue weighted by Crippen LogP contribution is -2.32. The SMILES string of the molecule is CC1OCCC1CNS(=O)(=O)c1ccc(Br)cc1Br. The van der Waals surface area contributed by atoms with Crippen molar-refractivity contribution in [3.8, 4) is 0 Å². The van der Waals surface area contributed by atoms with Crippen LogP contribution in [0.2, 0.25) is 0 Å². The van der Waals surface area contributed by atoms with Gasteiger partial charge < -0.3 is 4.74 Å². The van der Waals surface area contributed by atoms with Gasteiger partial charge in [0.05, 0.1) is 11.0 Å². The molecule has 0 bridgehead atoms. The van der Waals surface area contributed by atoms with Crippen LogP contribution in [0.3, 0.4) is 0 Å². The smallest absolute Gasteiger partial charge is 0.241 e. The molecule has 1 aromatic carbocycles. The van der Waals surface area contributed by atoms with Gasteiger partial charge in [0, 0.05) is 28.0 Å². The number of nitrogens with one attached hydrogen (secondary N) is 1. The average Bonchev–Trinajstić information content (AvgIpc) is 2.72. The maximum atomic E-state index is 12.2. The number of rotatable bonds is 4. The number of benzene rings is 1. The van der Waals surface area contributed by atoms with Crippen molar-refractivity contribution >= 4 is 41.9 Å². The van der Waals surface area contributed by atoms with Gasteiger partial charge in [0.1, 0.15) is 0 Å². The van der Waals surface area contributed by atoms with Crippen LogP contribution in [0.5, 0.6) is 0 Å². The van der Waals surface area contributed by atoms with Crippen LogP contribution in [0.25, 0.3) is 0 Å². The van der Waals surface area contributed by atoms with E-state index >= 15 is 0 Å². The maximum absolute atomic E-state index is 12.2. The van der Waals surface area contributed by atoms with Gasteiger partial charge in [0.15, 0.2) is 0 Å². The van der Waals surface area contributed by atoms with E-state index in [0.29, 0.717) is 17.6 Å². The molecule has 7 heteroatoms. The third kappa shape index (κ3) is 3.78. The fourth-order valence-corrected chi connectivity index (χ4v) is 4.87. The van der Waals surface area contributed by atoms with Gasteiger partial charge in [-0.15, -0.1) is 0 Å². The van der Waals surface area contributed by atoms with Crippen LogP contribution >= 0.6 is 31.9 Å². The zero-order valence-corrected chi connectivity index (χ0v) is 14.4. The van der Waals surface area contributed by atoms with Crippen LogP contribution in [-0.4, -0.2) is 27.7 Å². The van der Waals surface area contributed by atoms with E-state index in [1.165, 1.54) is 0 Å². The second-order valence-corrected chi connectivity index (χ2v) is 8.06. The summed E-state index contributed by atoms with van der Waals surface area (Å²) in [5.41, 5.74) is 0. The Morgan fingerprint density at radius 2 is 2.16 bits per heavy atom. The van der Waals surface area contributed by atoms with E-state index in [-0.39, 0.29) is 16.9 Å². The Labute approximate surface area is 130 Å². The van der Waals surface area contributed by atoms with Crippen LogP contribution in [0.4, 0.5) is 0 Å². The van der Waals surface area contributed by atoms with E-state index in [9.17, 15) is 8.42 Å². The van der Waals surface area contributed by atoms with Crippen molar-refractivity contribution in [3.63, 3.8) is 0 Å². The minimum Gasteiger partial charge on any atom is -0.378 e. The molecule has 0 spiro atoms. The van der Waals surface area contributed by atoms with E-state index in [2.05, 4.69) is 36.6 Å². The molecule has 1 N–H and O–H groups in total. The first-order chi connectivity index (χ1) is 8.90. The lowest BCUT2D eigenvalue weighted by atomic mass is 10.0. The molecule has 0 aromatic heterocycles. The molecule has 2 rings (SSSR count). The quantitative estimate of drug-likeness (QED) is 0.827. The van der Waals surface area contributed by atoms with Gasteiger partial charge in [-0.05, 0) is 47.5 Å². The van der Waals surface area contributed by atoms with Gasteiger partial charge >= 0.3 is 0 Å². The van der Waals surface area contributed by atoms with Gasteiger partial charge in [-0.3, -0.25) is 0 Å². The molecule has 1 heterocycles. The molecule has 0 radical (unpaired) electrons. The predicted octanol–water partition coefficient (Wildman–Crippen LogP) is 2.91. The predicted molar refractivity (Wildman–Crippen MR) is 80.6 cm³/mol. The first-order valence-corrected chi connectivity index (χ1v) is 9.03. The fourth-order valence-electron chi connectivity index (χ4n) is 2.03. The van der Waals surface area contributed by atoms with Crippen molar-refractivity contribution in [3.05, 3.63) is 27.1 Å². The number of hydrogen-bond acceptors (Lipinski definition) is 3. The van der Waals surface area contributed by atoms with Crippen LogP contribution in [0.15, 0.2) is 32.0 Å². The van der Waals surface area contributed by atoms with Crippen molar-refractivity contribution < 1.29 is 13.2 Å². The normalized spacial score (nSPS) is 23.7. The minimum absolute atomic E-state index is 0.107. The van der Waals surface area contributed by atoms with E-state index in [4.69, 9.17) is 4.74 Å². The van der Waals surface area contributed by atoms with Crippen molar-refractivity contribution in [2.75, 3.05) is 13.2 Å². The molecular weight excluding hydrogens is 398 g/mol. The van der Waals surface area contributed by atoms with Gasteiger partial charge in [-0.1, -0.05) is 15.9 Å². The Balaban J connectivity index is 2.09. The fraction of sp³-hybridized carbons (Fsp3) is 0.500. The van der Waals surface area contributed by atoms with E-state index in [1.807, 2.05) is 6.92 Å². The van der Waals surface area contributed by atoms with Crippen LogP contribution in [-0.2, 0) is 14.8 Å². The molecule has 2 atom stereocenters. The van der Waals surface area contributed by atoms with E-state index in [0.717, 1.165) is 10.9 Å². The van der Waals surface area contributed by atoms with Crippen LogP contribution < -0.4 is 4.72 Å². The summed E-state index contributed by atoms with van der Waals surface area (Å²) in [5, 5.41) is 0. The second-order valence-electron chi connectivity index (χ2n) is 4.55. The summed E-state index contributed by atoms with van der Waals surface area (Å²) in [7, 11) is -3.49. The first-order valence-electron chi connectivity index (χ1n) is 5.96. The summed E-state index contributed by atoms with van der Waals surface area (Å²) in [6, 6.07) is 5.00. The highest BCUT2D eigenvalue weighted by Crippen LogP contribution is 2.26. The third-order valence-corrected chi connectivity index (χ3v) is 6.15. The Hall–Kier alpha value is 0.0500. The zero-order valence-electron chi connectivity index (χ0n) is 10.4. The Bertz CT molecular complexity index is 562. The number of halogens is 2. The van der Waals surface area contributed by atoms with Gasteiger partial charge in [0.2, 0.25) is 10.0 Å². The van der Waals surface area contributed by atoms with Crippen LogP contribution in [0.1, 0.15) is 13.3 Å². The molecular formula is C12H15Br2NO3S. The van der Waals surface area contributed by atoms with E-state index < -0.39 is 10.0 Å². The maximum Gasteiger partial charge on any atom is 0.241 e. The summed E-state index contributed by atoms with van der Waals surface area (Å²) < 4.78 is 33.9. The monoisotopic (exact) mass is 411 g/mol. The Morgan fingerprint density at radius 3 is 2.74 bits per heavy atom. The molecule has 1 aliphatic heterocycles. The summed E-state index contributed by atoms with van der Waals surface area (Å²) in [6.07, 6.45) is 1.00. The van der Waals surface area contributed by atoms with Crippen molar-refractivity contribution in [2.45, 2.75) is 24.3 Å². The summed E-state index contributed by atoms with van der Waals surface area (Å²) in [4.78, 5) is 0.252. The molecule has 1 aliphatic rings. The second kappa shape index (κ2) is 6.22.